The van der Waals surface area contributed by atoms with E-state index in [9.17, 15) is 4.79 Å². The Kier molecular flexibility index (Phi) is 4.63. The van der Waals surface area contributed by atoms with Crippen molar-refractivity contribution in [1.82, 2.24) is 4.98 Å². The average molecular weight is 304 g/mol. The van der Waals surface area contributed by atoms with Crippen LogP contribution < -0.4 is 4.74 Å². The zero-order chi connectivity index (χ0) is 15.5. The molecule has 110 valence electrons. The third-order valence-electron chi connectivity index (χ3n) is 3.52. The summed E-state index contributed by atoms with van der Waals surface area (Å²) in [5.41, 5.74) is 1.21. The second kappa shape index (κ2) is 6.27. The lowest BCUT2D eigenvalue weighted by atomic mass is 9.81. The van der Waals surface area contributed by atoms with Crippen LogP contribution in [0.1, 0.15) is 25.1 Å². The number of benzene rings is 1. The highest BCUT2D eigenvalue weighted by molar-refractivity contribution is 6.30. The summed E-state index contributed by atoms with van der Waals surface area (Å²) < 4.78 is 5.52. The number of carbonyl (C=O) groups excluding carboxylic acids is 1. The van der Waals surface area contributed by atoms with Crippen molar-refractivity contribution in [2.24, 2.45) is 0 Å². The molecule has 0 radical (unpaired) electrons. The smallest absolute Gasteiger partial charge is 0.180 e. The highest BCUT2D eigenvalue weighted by atomic mass is 35.5. The molecule has 0 spiro atoms. The van der Waals surface area contributed by atoms with Crippen molar-refractivity contribution in [3.8, 4) is 5.75 Å². The fourth-order valence-corrected chi connectivity index (χ4v) is 2.02. The van der Waals surface area contributed by atoms with Gasteiger partial charge in [0, 0.05) is 10.7 Å². The van der Waals surface area contributed by atoms with Crippen LogP contribution in [-0.2, 0) is 10.2 Å². The lowest BCUT2D eigenvalue weighted by molar-refractivity contribution is -0.125. The molecule has 0 N–H and O–H groups in total. The number of ketones is 1. The van der Waals surface area contributed by atoms with Gasteiger partial charge < -0.3 is 4.74 Å². The van der Waals surface area contributed by atoms with Crippen LogP contribution >= 0.6 is 11.6 Å². The fraction of sp³-hybridized carbons (Fsp3) is 0.294. The Morgan fingerprint density at radius 2 is 1.86 bits per heavy atom. The minimum atomic E-state index is -0.622. The van der Waals surface area contributed by atoms with Crippen LogP contribution in [0.15, 0.2) is 42.6 Å². The van der Waals surface area contributed by atoms with Gasteiger partial charge in [0.25, 0.3) is 0 Å². The normalized spacial score (nSPS) is 11.2. The molecule has 0 aliphatic heterocycles. The van der Waals surface area contributed by atoms with Gasteiger partial charge in [0.15, 0.2) is 5.78 Å². The van der Waals surface area contributed by atoms with Crippen LogP contribution in [0, 0.1) is 6.92 Å². The number of aryl methyl sites for hydroxylation is 1. The van der Waals surface area contributed by atoms with E-state index in [0.717, 1.165) is 11.3 Å². The van der Waals surface area contributed by atoms with Gasteiger partial charge in [0.2, 0.25) is 0 Å². The number of aromatic nitrogens is 1. The lowest BCUT2D eigenvalue weighted by Gasteiger charge is -2.23. The monoisotopic (exact) mass is 303 g/mol. The molecule has 21 heavy (non-hydrogen) atoms. The molecule has 4 heteroatoms. The number of halogens is 1. The second-order valence-corrected chi connectivity index (χ2v) is 5.92. The minimum absolute atomic E-state index is 0.00500. The largest absolute Gasteiger partial charge is 0.484 e. The van der Waals surface area contributed by atoms with Crippen LogP contribution in [0.2, 0.25) is 5.02 Å². The van der Waals surface area contributed by atoms with Gasteiger partial charge in [-0.15, -0.1) is 0 Å². The maximum absolute atomic E-state index is 12.4. The number of ether oxygens (including phenoxy) is 1. The van der Waals surface area contributed by atoms with Crippen molar-refractivity contribution in [3.05, 3.63) is 58.9 Å². The SMILES string of the molecule is Cc1ccc(OCC(=O)C(C)(C)c2ccc(Cl)cc2)cn1. The van der Waals surface area contributed by atoms with E-state index in [0.29, 0.717) is 10.8 Å². The highest BCUT2D eigenvalue weighted by Crippen LogP contribution is 2.26. The first-order valence-corrected chi connectivity index (χ1v) is 7.12. The van der Waals surface area contributed by atoms with Crippen LogP contribution in [0.25, 0.3) is 0 Å². The Balaban J connectivity index is 2.04. The molecule has 0 saturated carbocycles. The number of carbonyl (C=O) groups is 1. The van der Waals surface area contributed by atoms with E-state index in [1.165, 1.54) is 0 Å². The average Bonchev–Trinajstić information content (AvgIpc) is 2.46. The Bertz CT molecular complexity index is 618. The van der Waals surface area contributed by atoms with Crippen LogP contribution in [0.4, 0.5) is 0 Å². The summed E-state index contributed by atoms with van der Waals surface area (Å²) in [6, 6.07) is 11.0. The molecule has 2 rings (SSSR count). The van der Waals surface area contributed by atoms with Crippen molar-refractivity contribution in [2.45, 2.75) is 26.2 Å². The Morgan fingerprint density at radius 3 is 2.43 bits per heavy atom. The topological polar surface area (TPSA) is 39.2 Å². The van der Waals surface area contributed by atoms with E-state index in [2.05, 4.69) is 4.98 Å². The van der Waals surface area contributed by atoms with Crippen LogP contribution in [-0.4, -0.2) is 17.4 Å². The molecule has 0 amide bonds. The van der Waals surface area contributed by atoms with E-state index >= 15 is 0 Å². The zero-order valence-corrected chi connectivity index (χ0v) is 13.1. The molecule has 1 aromatic heterocycles. The molecule has 0 aliphatic carbocycles. The molecule has 0 bridgehead atoms. The second-order valence-electron chi connectivity index (χ2n) is 5.48. The van der Waals surface area contributed by atoms with E-state index < -0.39 is 5.41 Å². The molecular formula is C17H18ClNO2. The predicted octanol–water partition coefficient (Wildman–Crippen LogP) is 3.97. The molecule has 1 heterocycles. The molecule has 0 aliphatic rings. The Morgan fingerprint density at radius 1 is 1.19 bits per heavy atom. The number of hydrogen-bond acceptors (Lipinski definition) is 3. The maximum Gasteiger partial charge on any atom is 0.180 e. The molecule has 2 aromatic rings. The van der Waals surface area contributed by atoms with Gasteiger partial charge in [-0.25, -0.2) is 0 Å². The summed E-state index contributed by atoms with van der Waals surface area (Å²) in [6.07, 6.45) is 1.62. The van der Waals surface area contributed by atoms with Crippen molar-refractivity contribution in [1.29, 1.82) is 0 Å². The Hall–Kier alpha value is -1.87. The van der Waals surface area contributed by atoms with Crippen molar-refractivity contribution in [2.75, 3.05) is 6.61 Å². The van der Waals surface area contributed by atoms with E-state index in [4.69, 9.17) is 16.3 Å². The van der Waals surface area contributed by atoms with Gasteiger partial charge in [-0.2, -0.15) is 0 Å². The van der Waals surface area contributed by atoms with Gasteiger partial charge in [-0.1, -0.05) is 23.7 Å². The van der Waals surface area contributed by atoms with Crippen LogP contribution in [0.3, 0.4) is 0 Å². The highest BCUT2D eigenvalue weighted by Gasteiger charge is 2.29. The fourth-order valence-electron chi connectivity index (χ4n) is 1.90. The first-order chi connectivity index (χ1) is 9.89. The quantitative estimate of drug-likeness (QED) is 0.839. The minimum Gasteiger partial charge on any atom is -0.484 e. The maximum atomic E-state index is 12.4. The number of rotatable bonds is 5. The summed E-state index contributed by atoms with van der Waals surface area (Å²) in [6.45, 7) is 5.68. The van der Waals surface area contributed by atoms with Crippen molar-refractivity contribution in [3.63, 3.8) is 0 Å². The molecule has 0 fully saturated rings. The lowest BCUT2D eigenvalue weighted by Crippen LogP contribution is -2.33. The third kappa shape index (κ3) is 3.82. The summed E-state index contributed by atoms with van der Waals surface area (Å²) >= 11 is 5.88. The van der Waals surface area contributed by atoms with Gasteiger partial charge >= 0.3 is 0 Å². The Labute approximate surface area is 129 Å². The zero-order valence-electron chi connectivity index (χ0n) is 12.4. The molecule has 3 nitrogen and oxygen atoms in total. The summed E-state index contributed by atoms with van der Waals surface area (Å²) in [5, 5.41) is 0.656. The van der Waals surface area contributed by atoms with E-state index in [1.807, 2.05) is 45.0 Å². The number of hydrogen-bond donors (Lipinski definition) is 0. The van der Waals surface area contributed by atoms with Crippen molar-refractivity contribution >= 4 is 17.4 Å². The standard InChI is InChI=1S/C17H18ClNO2/c1-12-4-9-15(10-19-12)21-11-16(20)17(2,3)13-5-7-14(18)8-6-13/h4-10H,11H2,1-3H3. The molecule has 0 unspecified atom stereocenters. The van der Waals surface area contributed by atoms with Crippen molar-refractivity contribution < 1.29 is 9.53 Å². The molecule has 0 atom stereocenters. The number of Topliss-reactive ketones (excluding diaryl/α,β-unsaturated/α-hetero) is 1. The molecule has 1 aromatic carbocycles. The number of pyridine rings is 1. The molecule has 0 saturated heterocycles. The van der Waals surface area contributed by atoms with E-state index in [-0.39, 0.29) is 12.4 Å². The molecular weight excluding hydrogens is 286 g/mol. The summed E-state index contributed by atoms with van der Waals surface area (Å²) in [4.78, 5) is 16.5. The van der Waals surface area contributed by atoms with Crippen LogP contribution in [0.5, 0.6) is 5.75 Å². The number of nitrogens with zero attached hydrogens (tertiary/aromatic N) is 1. The predicted molar refractivity (Wildman–Crippen MR) is 84.0 cm³/mol. The van der Waals surface area contributed by atoms with Gasteiger partial charge in [0.1, 0.15) is 12.4 Å². The first-order valence-electron chi connectivity index (χ1n) is 6.74. The third-order valence-corrected chi connectivity index (χ3v) is 3.77. The van der Waals surface area contributed by atoms with Gasteiger partial charge in [-0.3, -0.25) is 9.78 Å². The van der Waals surface area contributed by atoms with Gasteiger partial charge in [-0.05, 0) is 50.6 Å². The first kappa shape index (κ1) is 15.5. The summed E-state index contributed by atoms with van der Waals surface area (Å²) in [7, 11) is 0. The summed E-state index contributed by atoms with van der Waals surface area (Å²) in [5.74, 6) is 0.603. The van der Waals surface area contributed by atoms with Gasteiger partial charge in [0.05, 0.1) is 11.6 Å². The van der Waals surface area contributed by atoms with E-state index in [1.54, 1.807) is 18.3 Å².